The highest BCUT2D eigenvalue weighted by atomic mass is 16.7. The second kappa shape index (κ2) is 3.98. The van der Waals surface area contributed by atoms with Gasteiger partial charge in [0.15, 0.2) is 0 Å². The lowest BCUT2D eigenvalue weighted by Crippen LogP contribution is -2.27. The molecule has 0 aromatic heterocycles. The second-order valence-corrected chi connectivity index (χ2v) is 4.01. The van der Waals surface area contributed by atoms with Crippen LogP contribution in [0.2, 0.25) is 0 Å². The molecule has 2 heterocycles. The fraction of sp³-hybridized carbons (Fsp3) is 0.308. The Morgan fingerprint density at radius 1 is 1.29 bits per heavy atom. The summed E-state index contributed by atoms with van der Waals surface area (Å²) in [5.41, 5.74) is 1.55. The fourth-order valence-electron chi connectivity index (χ4n) is 2.05. The van der Waals surface area contributed by atoms with E-state index in [2.05, 4.69) is 0 Å². The van der Waals surface area contributed by atoms with E-state index in [1.54, 1.807) is 7.11 Å². The Kier molecular flexibility index (Phi) is 2.46. The van der Waals surface area contributed by atoms with Crippen molar-refractivity contribution in [2.24, 2.45) is 0 Å². The van der Waals surface area contributed by atoms with E-state index < -0.39 is 6.29 Å². The van der Waals surface area contributed by atoms with Gasteiger partial charge in [-0.05, 0) is 23.8 Å². The summed E-state index contributed by atoms with van der Waals surface area (Å²) < 4.78 is 15.7. The molecule has 2 atom stereocenters. The van der Waals surface area contributed by atoms with E-state index >= 15 is 0 Å². The monoisotopic (exact) mass is 232 g/mol. The van der Waals surface area contributed by atoms with Gasteiger partial charge in [-0.3, -0.25) is 4.79 Å². The van der Waals surface area contributed by atoms with Gasteiger partial charge in [-0.2, -0.15) is 0 Å². The molecule has 0 aliphatic carbocycles. The first-order valence-corrected chi connectivity index (χ1v) is 5.45. The number of carbonyl (C=O) groups is 1. The smallest absolute Gasteiger partial charge is 0.223 e. The first-order valence-electron chi connectivity index (χ1n) is 5.45. The number of Topliss-reactive ketones (excluding diaryl/α,β-unsaturated/α-hetero) is 1. The van der Waals surface area contributed by atoms with Crippen molar-refractivity contribution in [3.8, 4) is 5.75 Å². The number of methoxy groups -OCH3 is 1. The maximum Gasteiger partial charge on any atom is 0.223 e. The van der Waals surface area contributed by atoms with E-state index in [0.29, 0.717) is 12.2 Å². The predicted octanol–water partition coefficient (Wildman–Crippen LogP) is 1.40. The molecule has 4 nitrogen and oxygen atoms in total. The summed E-state index contributed by atoms with van der Waals surface area (Å²) >= 11 is 0. The topological polar surface area (TPSA) is 44.8 Å². The van der Waals surface area contributed by atoms with Crippen molar-refractivity contribution in [3.63, 3.8) is 0 Å². The number of rotatable bonds is 2. The number of ketones is 1. The maximum atomic E-state index is 12.0. The molecular weight excluding hydrogens is 220 g/mol. The maximum absolute atomic E-state index is 12.0. The van der Waals surface area contributed by atoms with Gasteiger partial charge < -0.3 is 14.2 Å². The van der Waals surface area contributed by atoms with E-state index in [1.807, 2.05) is 30.3 Å². The molecule has 0 spiro atoms. The highest BCUT2D eigenvalue weighted by Crippen LogP contribution is 2.30. The lowest BCUT2D eigenvalue weighted by Gasteiger charge is -2.17. The molecule has 2 bridgehead atoms. The minimum absolute atomic E-state index is 0.102. The van der Waals surface area contributed by atoms with Gasteiger partial charge in [0.2, 0.25) is 12.1 Å². The predicted molar refractivity (Wildman–Crippen MR) is 60.6 cm³/mol. The Bertz CT molecular complexity index is 475. The number of hydrogen-bond donors (Lipinski definition) is 0. The van der Waals surface area contributed by atoms with Crippen molar-refractivity contribution in [1.82, 2.24) is 0 Å². The standard InChI is InChI=1S/C13H12O4/c1-15-9-4-2-8(3-5-9)11-6-10-7-16-13(17-10)12(11)14/h2-6,10,13H,7H2,1H3/t10-,13+/m0/s1. The molecule has 0 N–H and O–H groups in total. The van der Waals surface area contributed by atoms with Gasteiger partial charge >= 0.3 is 0 Å². The molecule has 2 aliphatic rings. The van der Waals surface area contributed by atoms with Crippen molar-refractivity contribution in [2.45, 2.75) is 12.4 Å². The Balaban J connectivity index is 1.95. The summed E-state index contributed by atoms with van der Waals surface area (Å²) in [6.45, 7) is 0.454. The summed E-state index contributed by atoms with van der Waals surface area (Å²) in [5, 5.41) is 0. The molecule has 0 unspecified atom stereocenters. The number of fused-ring (bicyclic) bond motifs is 2. The van der Waals surface area contributed by atoms with E-state index in [4.69, 9.17) is 14.2 Å². The zero-order valence-electron chi connectivity index (χ0n) is 9.38. The van der Waals surface area contributed by atoms with Crippen LogP contribution >= 0.6 is 0 Å². The Morgan fingerprint density at radius 2 is 2.06 bits per heavy atom. The summed E-state index contributed by atoms with van der Waals surface area (Å²) in [6, 6.07) is 7.41. The van der Waals surface area contributed by atoms with E-state index in [0.717, 1.165) is 11.3 Å². The normalized spacial score (nSPS) is 26.9. The van der Waals surface area contributed by atoms with Crippen molar-refractivity contribution < 1.29 is 19.0 Å². The quantitative estimate of drug-likeness (QED) is 0.773. The Hall–Kier alpha value is -1.65. The van der Waals surface area contributed by atoms with Crippen LogP contribution in [0.1, 0.15) is 5.56 Å². The molecule has 1 aromatic rings. The van der Waals surface area contributed by atoms with Crippen LogP contribution in [0.5, 0.6) is 5.75 Å². The second-order valence-electron chi connectivity index (χ2n) is 4.01. The Morgan fingerprint density at radius 3 is 2.76 bits per heavy atom. The first-order chi connectivity index (χ1) is 8.28. The molecule has 0 radical (unpaired) electrons. The largest absolute Gasteiger partial charge is 0.497 e. The van der Waals surface area contributed by atoms with Gasteiger partial charge in [0.1, 0.15) is 11.9 Å². The third-order valence-electron chi connectivity index (χ3n) is 2.94. The van der Waals surface area contributed by atoms with Crippen LogP contribution in [0.4, 0.5) is 0 Å². The minimum Gasteiger partial charge on any atom is -0.497 e. The molecule has 2 aliphatic heterocycles. The van der Waals surface area contributed by atoms with Crippen LogP contribution in [-0.2, 0) is 14.3 Å². The molecular formula is C13H12O4. The van der Waals surface area contributed by atoms with Crippen LogP contribution in [0.3, 0.4) is 0 Å². The molecule has 1 fully saturated rings. The molecule has 1 saturated heterocycles. The minimum atomic E-state index is -0.720. The average Bonchev–Trinajstić information content (AvgIpc) is 2.78. The fourth-order valence-corrected chi connectivity index (χ4v) is 2.05. The Labute approximate surface area is 98.8 Å². The summed E-state index contributed by atoms with van der Waals surface area (Å²) in [7, 11) is 1.61. The highest BCUT2D eigenvalue weighted by molar-refractivity contribution is 6.23. The zero-order chi connectivity index (χ0) is 11.8. The number of hydrogen-bond acceptors (Lipinski definition) is 4. The molecule has 17 heavy (non-hydrogen) atoms. The lowest BCUT2D eigenvalue weighted by atomic mass is 9.98. The molecule has 1 aromatic carbocycles. The van der Waals surface area contributed by atoms with Crippen LogP contribution < -0.4 is 4.74 Å². The van der Waals surface area contributed by atoms with Crippen molar-refractivity contribution in [1.29, 1.82) is 0 Å². The molecule has 4 heteroatoms. The third kappa shape index (κ3) is 1.75. The molecule has 0 amide bonds. The van der Waals surface area contributed by atoms with Crippen LogP contribution in [-0.4, -0.2) is 31.9 Å². The van der Waals surface area contributed by atoms with Crippen molar-refractivity contribution in [2.75, 3.05) is 13.7 Å². The summed E-state index contributed by atoms with van der Waals surface area (Å²) in [4.78, 5) is 12.0. The lowest BCUT2D eigenvalue weighted by molar-refractivity contribution is -0.140. The number of carbonyl (C=O) groups excluding carboxylic acids is 1. The summed E-state index contributed by atoms with van der Waals surface area (Å²) in [5.74, 6) is 0.664. The highest BCUT2D eigenvalue weighted by Gasteiger charge is 2.37. The average molecular weight is 232 g/mol. The SMILES string of the molecule is COc1ccc(C2=C[C@H]3CO[C@H](O3)C2=O)cc1. The van der Waals surface area contributed by atoms with Gasteiger partial charge in [-0.1, -0.05) is 12.1 Å². The molecule has 0 saturated carbocycles. The zero-order valence-corrected chi connectivity index (χ0v) is 9.38. The third-order valence-corrected chi connectivity index (χ3v) is 2.94. The van der Waals surface area contributed by atoms with Gasteiger partial charge in [0, 0.05) is 5.57 Å². The van der Waals surface area contributed by atoms with Crippen LogP contribution in [0.25, 0.3) is 5.57 Å². The van der Waals surface area contributed by atoms with Crippen molar-refractivity contribution in [3.05, 3.63) is 35.9 Å². The first kappa shape index (κ1) is 10.5. The number of benzene rings is 1. The van der Waals surface area contributed by atoms with Gasteiger partial charge in [0.05, 0.1) is 13.7 Å². The van der Waals surface area contributed by atoms with Crippen LogP contribution in [0, 0.1) is 0 Å². The van der Waals surface area contributed by atoms with Crippen LogP contribution in [0.15, 0.2) is 30.3 Å². The van der Waals surface area contributed by atoms with Gasteiger partial charge in [-0.15, -0.1) is 0 Å². The van der Waals surface area contributed by atoms with E-state index in [-0.39, 0.29) is 11.9 Å². The molecule has 88 valence electrons. The van der Waals surface area contributed by atoms with E-state index in [9.17, 15) is 4.79 Å². The van der Waals surface area contributed by atoms with Gasteiger partial charge in [0.25, 0.3) is 0 Å². The summed E-state index contributed by atoms with van der Waals surface area (Å²) in [6.07, 6.45) is 1.00. The van der Waals surface area contributed by atoms with Gasteiger partial charge in [-0.25, -0.2) is 0 Å². The number of ether oxygens (including phenoxy) is 3. The van der Waals surface area contributed by atoms with E-state index in [1.165, 1.54) is 0 Å². The van der Waals surface area contributed by atoms with Crippen molar-refractivity contribution >= 4 is 11.4 Å². The molecule has 3 rings (SSSR count).